The Kier molecular flexibility index (Phi) is 4.05. The number of hydrogen-bond acceptors (Lipinski definition) is 4. The Hall–Kier alpha value is -2.60. The lowest BCUT2D eigenvalue weighted by Gasteiger charge is -2.36. The average molecular weight is 339 g/mol. The van der Waals surface area contributed by atoms with Gasteiger partial charge in [0.2, 0.25) is 5.91 Å². The molecule has 1 fully saturated rings. The van der Waals surface area contributed by atoms with E-state index in [1.54, 1.807) is 6.26 Å². The number of carbonyl (C=O) groups is 1. The topological polar surface area (TPSA) is 71.4 Å². The number of hydrogen-bond donors (Lipinski definition) is 1. The number of aryl methyl sites for hydroxylation is 2. The number of fused-ring (bicyclic) bond motifs is 1. The predicted molar refractivity (Wildman–Crippen MR) is 93.3 cm³/mol. The van der Waals surface area contributed by atoms with Crippen molar-refractivity contribution >= 4 is 16.9 Å². The van der Waals surface area contributed by atoms with E-state index in [0.717, 1.165) is 33.5 Å². The monoisotopic (exact) mass is 339 g/mol. The third-order valence-electron chi connectivity index (χ3n) is 4.87. The fourth-order valence-electron chi connectivity index (χ4n) is 3.63. The standard InChI is InChI=1S/C19H21N3O3/c1-12-19(13(2)21-20-12)16-11-24-8-7-22(16)18(23)9-14-10-25-17-6-4-3-5-15(14)17/h3-6,10,16H,7-9,11H2,1-2H3,(H,20,21). The lowest BCUT2D eigenvalue weighted by atomic mass is 10.0. The average Bonchev–Trinajstić information content (AvgIpc) is 3.18. The molecule has 1 aliphatic rings. The van der Waals surface area contributed by atoms with E-state index in [4.69, 9.17) is 9.15 Å². The lowest BCUT2D eigenvalue weighted by molar-refractivity contribution is -0.139. The minimum absolute atomic E-state index is 0.0832. The van der Waals surface area contributed by atoms with Gasteiger partial charge in [0.15, 0.2) is 0 Å². The first-order chi connectivity index (χ1) is 12.1. The van der Waals surface area contributed by atoms with E-state index in [1.807, 2.05) is 43.0 Å². The Morgan fingerprint density at radius 2 is 2.20 bits per heavy atom. The van der Waals surface area contributed by atoms with Crippen LogP contribution >= 0.6 is 0 Å². The maximum Gasteiger partial charge on any atom is 0.227 e. The first-order valence-electron chi connectivity index (χ1n) is 8.49. The number of nitrogens with one attached hydrogen (secondary N) is 1. The molecule has 1 atom stereocenters. The summed E-state index contributed by atoms with van der Waals surface area (Å²) >= 11 is 0. The highest BCUT2D eigenvalue weighted by Gasteiger charge is 2.32. The summed E-state index contributed by atoms with van der Waals surface area (Å²) in [6.07, 6.45) is 2.01. The van der Waals surface area contributed by atoms with Crippen LogP contribution in [0.15, 0.2) is 34.9 Å². The van der Waals surface area contributed by atoms with E-state index < -0.39 is 0 Å². The molecule has 1 aliphatic heterocycles. The van der Waals surface area contributed by atoms with Crippen LogP contribution in [0.1, 0.15) is 28.6 Å². The Labute approximate surface area is 145 Å². The molecule has 3 aromatic rings. The molecule has 0 radical (unpaired) electrons. The summed E-state index contributed by atoms with van der Waals surface area (Å²) in [5.41, 5.74) is 4.70. The number of nitrogens with zero attached hydrogens (tertiary/aromatic N) is 2. The van der Waals surface area contributed by atoms with Gasteiger partial charge >= 0.3 is 0 Å². The van der Waals surface area contributed by atoms with E-state index in [2.05, 4.69) is 10.2 Å². The molecule has 1 N–H and O–H groups in total. The van der Waals surface area contributed by atoms with Crippen LogP contribution in [0.5, 0.6) is 0 Å². The first-order valence-corrected chi connectivity index (χ1v) is 8.49. The number of benzene rings is 1. The summed E-state index contributed by atoms with van der Waals surface area (Å²) < 4.78 is 11.2. The Balaban J connectivity index is 1.61. The van der Waals surface area contributed by atoms with Gasteiger partial charge in [-0.15, -0.1) is 0 Å². The van der Waals surface area contributed by atoms with E-state index in [0.29, 0.717) is 26.2 Å². The van der Waals surface area contributed by atoms with Crippen molar-refractivity contribution in [2.75, 3.05) is 19.8 Å². The molecule has 2 aromatic heterocycles. The highest BCUT2D eigenvalue weighted by Crippen LogP contribution is 2.30. The number of aromatic nitrogens is 2. The van der Waals surface area contributed by atoms with E-state index in [-0.39, 0.29) is 11.9 Å². The van der Waals surface area contributed by atoms with Crippen LogP contribution in [-0.2, 0) is 16.0 Å². The number of aromatic amines is 1. The van der Waals surface area contributed by atoms with E-state index >= 15 is 0 Å². The second kappa shape index (κ2) is 6.37. The second-order valence-corrected chi connectivity index (χ2v) is 6.46. The summed E-state index contributed by atoms with van der Waals surface area (Å²) in [5.74, 6) is 0.0832. The Morgan fingerprint density at radius 1 is 1.36 bits per heavy atom. The van der Waals surface area contributed by atoms with Crippen LogP contribution < -0.4 is 0 Å². The third-order valence-corrected chi connectivity index (χ3v) is 4.87. The van der Waals surface area contributed by atoms with Gasteiger partial charge in [0.05, 0.1) is 37.6 Å². The van der Waals surface area contributed by atoms with Gasteiger partial charge in [-0.1, -0.05) is 18.2 Å². The van der Waals surface area contributed by atoms with Gasteiger partial charge in [-0.2, -0.15) is 5.10 Å². The quantitative estimate of drug-likeness (QED) is 0.796. The van der Waals surface area contributed by atoms with Crippen LogP contribution in [0.4, 0.5) is 0 Å². The Bertz CT molecular complexity index is 892. The molecule has 1 amide bonds. The molecule has 1 saturated heterocycles. The van der Waals surface area contributed by atoms with Crippen LogP contribution in [0.25, 0.3) is 11.0 Å². The zero-order valence-corrected chi connectivity index (χ0v) is 14.4. The van der Waals surface area contributed by atoms with Crippen molar-refractivity contribution in [1.29, 1.82) is 0 Å². The van der Waals surface area contributed by atoms with Crippen LogP contribution in [-0.4, -0.2) is 40.8 Å². The molecule has 0 saturated carbocycles. The molecule has 1 unspecified atom stereocenters. The fraction of sp³-hybridized carbons (Fsp3) is 0.368. The number of H-pyrrole nitrogens is 1. The number of amides is 1. The normalized spacial score (nSPS) is 18.0. The van der Waals surface area contributed by atoms with Crippen molar-refractivity contribution < 1.29 is 13.9 Å². The van der Waals surface area contributed by atoms with Crippen molar-refractivity contribution in [1.82, 2.24) is 15.1 Å². The number of rotatable bonds is 3. The molecule has 25 heavy (non-hydrogen) atoms. The molecule has 6 nitrogen and oxygen atoms in total. The highest BCUT2D eigenvalue weighted by atomic mass is 16.5. The minimum atomic E-state index is -0.0989. The van der Waals surface area contributed by atoms with Gasteiger partial charge in [-0.3, -0.25) is 9.89 Å². The first kappa shape index (κ1) is 15.9. The molecule has 6 heteroatoms. The molecule has 0 spiro atoms. The van der Waals surface area contributed by atoms with Crippen LogP contribution in [0, 0.1) is 13.8 Å². The molecule has 130 valence electrons. The van der Waals surface area contributed by atoms with Crippen LogP contribution in [0.3, 0.4) is 0 Å². The second-order valence-electron chi connectivity index (χ2n) is 6.46. The number of ether oxygens (including phenoxy) is 1. The van der Waals surface area contributed by atoms with E-state index in [9.17, 15) is 4.79 Å². The van der Waals surface area contributed by atoms with Gasteiger partial charge in [-0.05, 0) is 19.9 Å². The molecule has 0 aliphatic carbocycles. The summed E-state index contributed by atoms with van der Waals surface area (Å²) in [6.45, 7) is 5.59. The molecule has 3 heterocycles. The van der Waals surface area contributed by atoms with Crippen molar-refractivity contribution in [3.63, 3.8) is 0 Å². The van der Waals surface area contributed by atoms with Crippen molar-refractivity contribution in [2.45, 2.75) is 26.3 Å². The molecule has 0 bridgehead atoms. The third kappa shape index (κ3) is 2.82. The van der Waals surface area contributed by atoms with Gasteiger partial charge in [-0.25, -0.2) is 0 Å². The number of morpholine rings is 1. The van der Waals surface area contributed by atoms with Gasteiger partial charge in [0.25, 0.3) is 0 Å². The molecule has 4 rings (SSSR count). The van der Waals surface area contributed by atoms with Crippen molar-refractivity contribution in [3.8, 4) is 0 Å². The highest BCUT2D eigenvalue weighted by molar-refractivity contribution is 5.87. The van der Waals surface area contributed by atoms with Crippen molar-refractivity contribution in [2.24, 2.45) is 0 Å². The van der Waals surface area contributed by atoms with Crippen molar-refractivity contribution in [3.05, 3.63) is 53.0 Å². The van der Waals surface area contributed by atoms with Gasteiger partial charge < -0.3 is 14.1 Å². The van der Waals surface area contributed by atoms with Gasteiger partial charge in [0.1, 0.15) is 5.58 Å². The summed E-state index contributed by atoms with van der Waals surface area (Å²) in [5, 5.41) is 8.27. The zero-order valence-electron chi connectivity index (χ0n) is 14.4. The van der Waals surface area contributed by atoms with Gasteiger partial charge in [0, 0.05) is 28.8 Å². The maximum absolute atomic E-state index is 13.0. The summed E-state index contributed by atoms with van der Waals surface area (Å²) in [4.78, 5) is 14.9. The largest absolute Gasteiger partial charge is 0.464 e. The number of para-hydroxylation sites is 1. The SMILES string of the molecule is Cc1n[nH]c(C)c1C1COCCN1C(=O)Cc1coc2ccccc12. The summed E-state index contributed by atoms with van der Waals surface area (Å²) in [7, 11) is 0. The minimum Gasteiger partial charge on any atom is -0.464 e. The summed E-state index contributed by atoms with van der Waals surface area (Å²) in [6, 6.07) is 7.70. The maximum atomic E-state index is 13.0. The number of carbonyl (C=O) groups excluding carboxylic acids is 1. The number of furan rings is 1. The zero-order chi connectivity index (χ0) is 17.4. The predicted octanol–water partition coefficient (Wildman–Crippen LogP) is 2.92. The lowest BCUT2D eigenvalue weighted by Crippen LogP contribution is -2.44. The van der Waals surface area contributed by atoms with E-state index in [1.165, 1.54) is 0 Å². The van der Waals surface area contributed by atoms with Crippen LogP contribution in [0.2, 0.25) is 0 Å². The smallest absolute Gasteiger partial charge is 0.227 e. The molecule has 1 aromatic carbocycles. The molecular formula is C19H21N3O3. The molecular weight excluding hydrogens is 318 g/mol. The fourth-order valence-corrected chi connectivity index (χ4v) is 3.63. The Morgan fingerprint density at radius 3 is 3.00 bits per heavy atom.